The van der Waals surface area contributed by atoms with Gasteiger partial charge in [0.15, 0.2) is 0 Å². The smallest absolute Gasteiger partial charge is 0.0921 e. The highest BCUT2D eigenvalue weighted by atomic mass is 14.9. The Morgan fingerprint density at radius 2 is 2.38 bits per heavy atom. The maximum absolute atomic E-state index is 4.31. The van der Waals surface area contributed by atoms with E-state index in [-0.39, 0.29) is 0 Å². The van der Waals surface area contributed by atoms with Crippen LogP contribution in [0.1, 0.15) is 17.0 Å². The van der Waals surface area contributed by atoms with Crippen LogP contribution in [0.25, 0.3) is 0 Å². The highest BCUT2D eigenvalue weighted by molar-refractivity contribution is 5.21. The molecule has 2 aromatic heterocycles. The van der Waals surface area contributed by atoms with Crippen LogP contribution in [0.5, 0.6) is 0 Å². The second-order valence-electron chi connectivity index (χ2n) is 3.02. The summed E-state index contributed by atoms with van der Waals surface area (Å²) in [7, 11) is 0. The van der Waals surface area contributed by atoms with Crippen molar-refractivity contribution < 1.29 is 0 Å². The van der Waals surface area contributed by atoms with Gasteiger partial charge in [-0.25, -0.2) is 4.98 Å². The van der Waals surface area contributed by atoms with E-state index in [1.807, 2.05) is 18.5 Å². The summed E-state index contributed by atoms with van der Waals surface area (Å²) in [4.78, 5) is 11.3. The summed E-state index contributed by atoms with van der Waals surface area (Å²) in [5.74, 6) is 0. The summed E-state index contributed by atoms with van der Waals surface area (Å²) in [6, 6.07) is 4.02. The molecule has 2 heterocycles. The SMILES string of the molecule is Cc1cccnc1Cc1cnc[nH]1. The van der Waals surface area contributed by atoms with Gasteiger partial charge in [0.2, 0.25) is 0 Å². The quantitative estimate of drug-likeness (QED) is 0.751. The zero-order valence-corrected chi connectivity index (χ0v) is 7.49. The van der Waals surface area contributed by atoms with Gasteiger partial charge in [-0.05, 0) is 18.6 Å². The first-order valence-corrected chi connectivity index (χ1v) is 4.24. The van der Waals surface area contributed by atoms with Gasteiger partial charge in [0.25, 0.3) is 0 Å². The van der Waals surface area contributed by atoms with E-state index in [4.69, 9.17) is 0 Å². The topological polar surface area (TPSA) is 41.6 Å². The average molecular weight is 173 g/mol. The number of aryl methyl sites for hydroxylation is 1. The molecule has 1 N–H and O–H groups in total. The maximum atomic E-state index is 4.31. The Morgan fingerprint density at radius 3 is 3.08 bits per heavy atom. The molecule has 0 saturated heterocycles. The lowest BCUT2D eigenvalue weighted by Crippen LogP contribution is -1.94. The van der Waals surface area contributed by atoms with Crippen LogP contribution in [-0.2, 0) is 6.42 Å². The molecule has 0 radical (unpaired) electrons. The molecule has 2 aromatic rings. The number of H-pyrrole nitrogens is 1. The molecule has 0 atom stereocenters. The number of imidazole rings is 1. The summed E-state index contributed by atoms with van der Waals surface area (Å²) in [6.45, 7) is 2.07. The van der Waals surface area contributed by atoms with Crippen LogP contribution >= 0.6 is 0 Å². The number of aromatic amines is 1. The molecule has 0 fully saturated rings. The molecular weight excluding hydrogens is 162 g/mol. The van der Waals surface area contributed by atoms with Gasteiger partial charge in [0, 0.05) is 30.2 Å². The van der Waals surface area contributed by atoms with Crippen LogP contribution in [0.2, 0.25) is 0 Å². The van der Waals surface area contributed by atoms with Gasteiger partial charge in [-0.1, -0.05) is 6.07 Å². The molecule has 0 spiro atoms. The minimum absolute atomic E-state index is 0.826. The van der Waals surface area contributed by atoms with E-state index in [2.05, 4.69) is 27.9 Å². The molecule has 0 unspecified atom stereocenters. The van der Waals surface area contributed by atoms with E-state index in [0.29, 0.717) is 0 Å². The van der Waals surface area contributed by atoms with Crippen LogP contribution in [0.4, 0.5) is 0 Å². The number of aromatic nitrogens is 3. The van der Waals surface area contributed by atoms with Crippen LogP contribution in [0, 0.1) is 6.92 Å². The third kappa shape index (κ3) is 1.75. The van der Waals surface area contributed by atoms with Crippen molar-refractivity contribution in [3.63, 3.8) is 0 Å². The predicted molar refractivity (Wildman–Crippen MR) is 50.4 cm³/mol. The Kier molecular flexibility index (Phi) is 2.08. The Bertz CT molecular complexity index is 379. The van der Waals surface area contributed by atoms with E-state index < -0.39 is 0 Å². The van der Waals surface area contributed by atoms with Gasteiger partial charge in [0.1, 0.15) is 0 Å². The molecule has 13 heavy (non-hydrogen) atoms. The molecule has 0 aliphatic rings. The summed E-state index contributed by atoms with van der Waals surface area (Å²) in [5, 5.41) is 0. The lowest BCUT2D eigenvalue weighted by atomic mass is 10.1. The molecular formula is C10H11N3. The van der Waals surface area contributed by atoms with Gasteiger partial charge in [-0.15, -0.1) is 0 Å². The van der Waals surface area contributed by atoms with Crippen molar-refractivity contribution in [3.05, 3.63) is 47.8 Å². The second kappa shape index (κ2) is 3.39. The largest absolute Gasteiger partial charge is 0.348 e. The minimum atomic E-state index is 0.826. The molecule has 3 nitrogen and oxygen atoms in total. The molecule has 0 saturated carbocycles. The molecule has 2 rings (SSSR count). The number of nitrogens with zero attached hydrogens (tertiary/aromatic N) is 2. The summed E-state index contributed by atoms with van der Waals surface area (Å²) in [5.41, 5.74) is 3.42. The number of pyridine rings is 1. The predicted octanol–water partition coefficient (Wildman–Crippen LogP) is 1.70. The standard InChI is InChI=1S/C10H11N3/c1-8-3-2-4-12-10(8)5-9-6-11-7-13-9/h2-4,6-7H,5H2,1H3,(H,11,13). The van der Waals surface area contributed by atoms with E-state index >= 15 is 0 Å². The van der Waals surface area contributed by atoms with Crippen LogP contribution in [-0.4, -0.2) is 15.0 Å². The second-order valence-corrected chi connectivity index (χ2v) is 3.02. The molecule has 0 amide bonds. The zero-order chi connectivity index (χ0) is 9.10. The van der Waals surface area contributed by atoms with Crippen molar-refractivity contribution in [1.82, 2.24) is 15.0 Å². The summed E-state index contributed by atoms with van der Waals surface area (Å²) >= 11 is 0. The number of nitrogens with one attached hydrogen (secondary N) is 1. The maximum Gasteiger partial charge on any atom is 0.0921 e. The molecule has 0 aliphatic carbocycles. The first-order chi connectivity index (χ1) is 6.36. The Labute approximate surface area is 76.9 Å². The highest BCUT2D eigenvalue weighted by Gasteiger charge is 2.00. The van der Waals surface area contributed by atoms with Crippen molar-refractivity contribution in [2.45, 2.75) is 13.3 Å². The molecule has 0 bridgehead atoms. The monoisotopic (exact) mass is 173 g/mol. The van der Waals surface area contributed by atoms with Crippen molar-refractivity contribution in [2.24, 2.45) is 0 Å². The third-order valence-corrected chi connectivity index (χ3v) is 2.03. The lowest BCUT2D eigenvalue weighted by molar-refractivity contribution is 1.01. The lowest BCUT2D eigenvalue weighted by Gasteiger charge is -2.01. The minimum Gasteiger partial charge on any atom is -0.348 e. The zero-order valence-electron chi connectivity index (χ0n) is 7.49. The van der Waals surface area contributed by atoms with Crippen LogP contribution < -0.4 is 0 Å². The van der Waals surface area contributed by atoms with E-state index in [9.17, 15) is 0 Å². The fourth-order valence-electron chi connectivity index (χ4n) is 1.27. The van der Waals surface area contributed by atoms with Gasteiger partial charge in [-0.2, -0.15) is 0 Å². The first-order valence-electron chi connectivity index (χ1n) is 4.24. The van der Waals surface area contributed by atoms with E-state index in [1.54, 1.807) is 6.33 Å². The molecule has 0 aliphatic heterocycles. The summed E-state index contributed by atoms with van der Waals surface area (Å²) < 4.78 is 0. The normalized spacial score (nSPS) is 10.2. The molecule has 3 heteroatoms. The van der Waals surface area contributed by atoms with Gasteiger partial charge in [-0.3, -0.25) is 4.98 Å². The van der Waals surface area contributed by atoms with E-state index in [0.717, 1.165) is 17.8 Å². The van der Waals surface area contributed by atoms with E-state index in [1.165, 1.54) is 5.56 Å². The van der Waals surface area contributed by atoms with Crippen LogP contribution in [0.15, 0.2) is 30.9 Å². The Morgan fingerprint density at radius 1 is 1.46 bits per heavy atom. The van der Waals surface area contributed by atoms with Crippen LogP contribution in [0.3, 0.4) is 0 Å². The van der Waals surface area contributed by atoms with Gasteiger partial charge >= 0.3 is 0 Å². The van der Waals surface area contributed by atoms with Crippen molar-refractivity contribution in [1.29, 1.82) is 0 Å². The molecule has 66 valence electrons. The number of rotatable bonds is 2. The Hall–Kier alpha value is -1.64. The first kappa shape index (κ1) is 7.98. The number of hydrogen-bond donors (Lipinski definition) is 1. The fraction of sp³-hybridized carbons (Fsp3) is 0.200. The number of hydrogen-bond acceptors (Lipinski definition) is 2. The highest BCUT2D eigenvalue weighted by Crippen LogP contribution is 2.07. The average Bonchev–Trinajstić information content (AvgIpc) is 2.61. The third-order valence-electron chi connectivity index (χ3n) is 2.03. The van der Waals surface area contributed by atoms with Crippen molar-refractivity contribution >= 4 is 0 Å². The van der Waals surface area contributed by atoms with Gasteiger partial charge < -0.3 is 4.98 Å². The fourth-order valence-corrected chi connectivity index (χ4v) is 1.27. The Balaban J connectivity index is 2.24. The van der Waals surface area contributed by atoms with Gasteiger partial charge in [0.05, 0.1) is 6.33 Å². The summed E-state index contributed by atoms with van der Waals surface area (Å²) in [6.07, 6.45) is 6.16. The van der Waals surface area contributed by atoms with Crippen molar-refractivity contribution in [3.8, 4) is 0 Å². The van der Waals surface area contributed by atoms with Crippen molar-refractivity contribution in [2.75, 3.05) is 0 Å². The molecule has 0 aromatic carbocycles.